The molecule has 0 atom stereocenters. The highest BCUT2D eigenvalue weighted by atomic mass is 15.1. The third kappa shape index (κ3) is 3.50. The normalized spacial score (nSPS) is 39.5. The maximum Gasteiger partial charge on any atom is 0.163 e. The Bertz CT molecular complexity index is 1330. The zero-order valence-electron chi connectivity index (χ0n) is 23.6. The molecule has 0 unspecified atom stereocenters. The molecule has 8 aliphatic rings. The van der Waals surface area contributed by atoms with Gasteiger partial charge in [0, 0.05) is 40.9 Å². The van der Waals surface area contributed by atoms with Crippen LogP contribution in [-0.4, -0.2) is 24.5 Å². The molecular weight excluding hydrogens is 478 g/mol. The molecule has 8 bridgehead atoms. The highest BCUT2D eigenvalue weighted by Crippen LogP contribution is 2.62. The molecule has 2 heterocycles. The Hall–Kier alpha value is -2.56. The predicted molar refractivity (Wildman–Crippen MR) is 152 cm³/mol. The fourth-order valence-corrected chi connectivity index (χ4v) is 11.3. The summed E-state index contributed by atoms with van der Waals surface area (Å²) in [7, 11) is 2.10. The highest BCUT2D eigenvalue weighted by Gasteiger charge is 2.56. The zero-order chi connectivity index (χ0) is 25.9. The van der Waals surface area contributed by atoms with Crippen LogP contribution in [0.1, 0.15) is 94.4 Å². The van der Waals surface area contributed by atoms with E-state index >= 15 is 0 Å². The third-order valence-electron chi connectivity index (χ3n) is 12.3. The molecule has 11 rings (SSSR count). The molecule has 1 aromatic carbocycles. The summed E-state index contributed by atoms with van der Waals surface area (Å²) in [5.74, 6) is 9.54. The van der Waals surface area contributed by atoms with Gasteiger partial charge >= 0.3 is 0 Å². The second kappa shape index (κ2) is 8.01. The van der Waals surface area contributed by atoms with Crippen molar-refractivity contribution < 1.29 is 0 Å². The number of rotatable bonds is 4. The smallest absolute Gasteiger partial charge is 0.163 e. The molecule has 39 heavy (non-hydrogen) atoms. The van der Waals surface area contributed by atoms with Crippen molar-refractivity contribution in [2.75, 3.05) is 0 Å². The molecule has 0 saturated heterocycles. The van der Waals surface area contributed by atoms with Crippen LogP contribution in [0.5, 0.6) is 0 Å². The van der Waals surface area contributed by atoms with E-state index in [0.717, 1.165) is 69.9 Å². The number of nitrogens with zero attached hydrogens (tertiary/aromatic N) is 5. The van der Waals surface area contributed by atoms with E-state index in [0.29, 0.717) is 0 Å². The van der Waals surface area contributed by atoms with Crippen LogP contribution in [0.15, 0.2) is 30.5 Å². The van der Waals surface area contributed by atoms with Crippen LogP contribution < -0.4 is 0 Å². The van der Waals surface area contributed by atoms with Crippen LogP contribution in [0.25, 0.3) is 22.8 Å². The summed E-state index contributed by atoms with van der Waals surface area (Å²) < 4.78 is 2.17. The molecule has 5 nitrogen and oxygen atoms in total. The Morgan fingerprint density at radius 2 is 1.13 bits per heavy atom. The Morgan fingerprint density at radius 3 is 1.56 bits per heavy atom. The fourth-order valence-electron chi connectivity index (χ4n) is 11.3. The van der Waals surface area contributed by atoms with Crippen molar-refractivity contribution >= 4 is 0 Å². The summed E-state index contributed by atoms with van der Waals surface area (Å²) in [6.45, 7) is 2.11. The molecule has 0 radical (unpaired) electrons. The molecule has 0 amide bonds. The standard InChI is InChI=1S/C34H41N5/c1-20-19-35-30(39(20)2)28-5-3-4-27(12-28)29-36-31(33-13-21-6-22(14-33)8-23(7-21)15-33)38-32(37-29)34-16-24-9-25(17-34)11-26(10-24)18-34/h3-5,12,19,21-26H,6-11,13-18H2,1-2H3. The fraction of sp³-hybridized carbons (Fsp3) is 0.647. The number of hydrogen-bond donors (Lipinski definition) is 0. The average Bonchev–Trinajstić information content (AvgIpc) is 3.25. The summed E-state index contributed by atoms with van der Waals surface area (Å²) >= 11 is 0. The SMILES string of the molecule is Cc1cnc(-c2cccc(-c3nc(C45CC6CC(CC(C6)C4)C5)nc(C45CC6CC(CC(C6)C4)C5)n3)c2)n1C. The minimum atomic E-state index is 0.178. The van der Waals surface area contributed by atoms with Crippen LogP contribution in [-0.2, 0) is 17.9 Å². The second-order valence-electron chi connectivity index (χ2n) is 15.1. The van der Waals surface area contributed by atoms with Crippen LogP contribution in [0.3, 0.4) is 0 Å². The van der Waals surface area contributed by atoms with Crippen LogP contribution in [0.2, 0.25) is 0 Å². The van der Waals surface area contributed by atoms with Gasteiger partial charge in [-0.1, -0.05) is 18.2 Å². The molecule has 0 aliphatic heterocycles. The minimum absolute atomic E-state index is 0.178. The lowest BCUT2D eigenvalue weighted by molar-refractivity contribution is -0.0155. The highest BCUT2D eigenvalue weighted by molar-refractivity contribution is 5.66. The lowest BCUT2D eigenvalue weighted by Crippen LogP contribution is -2.51. The lowest BCUT2D eigenvalue weighted by Gasteiger charge is -2.57. The number of benzene rings is 1. The van der Waals surface area contributed by atoms with Gasteiger partial charge in [0.25, 0.3) is 0 Å². The van der Waals surface area contributed by atoms with Gasteiger partial charge < -0.3 is 4.57 Å². The van der Waals surface area contributed by atoms with Gasteiger partial charge in [-0.25, -0.2) is 19.9 Å². The summed E-state index contributed by atoms with van der Waals surface area (Å²) in [5, 5.41) is 0. The summed E-state index contributed by atoms with van der Waals surface area (Å²) in [5.41, 5.74) is 3.78. The van der Waals surface area contributed by atoms with Gasteiger partial charge in [0.15, 0.2) is 5.82 Å². The van der Waals surface area contributed by atoms with E-state index in [1.807, 2.05) is 6.20 Å². The topological polar surface area (TPSA) is 56.5 Å². The zero-order valence-corrected chi connectivity index (χ0v) is 23.6. The van der Waals surface area contributed by atoms with Crippen LogP contribution >= 0.6 is 0 Å². The maximum absolute atomic E-state index is 5.60. The largest absolute Gasteiger partial charge is 0.331 e. The van der Waals surface area contributed by atoms with E-state index < -0.39 is 0 Å². The van der Waals surface area contributed by atoms with Gasteiger partial charge in [0.1, 0.15) is 17.5 Å². The first-order chi connectivity index (χ1) is 18.9. The molecule has 2 aromatic heterocycles. The molecule has 8 aliphatic carbocycles. The van der Waals surface area contributed by atoms with E-state index in [1.54, 1.807) is 0 Å². The van der Waals surface area contributed by atoms with E-state index in [2.05, 4.69) is 42.8 Å². The molecule has 8 fully saturated rings. The van der Waals surface area contributed by atoms with Gasteiger partial charge in [-0.3, -0.25) is 0 Å². The first kappa shape index (κ1) is 23.2. The number of aromatic nitrogens is 5. The second-order valence-corrected chi connectivity index (χ2v) is 15.1. The summed E-state index contributed by atoms with van der Waals surface area (Å²) in [6, 6.07) is 8.81. The van der Waals surface area contributed by atoms with Gasteiger partial charge in [-0.2, -0.15) is 0 Å². The van der Waals surface area contributed by atoms with E-state index in [1.165, 1.54) is 82.7 Å². The van der Waals surface area contributed by atoms with E-state index in [9.17, 15) is 0 Å². The van der Waals surface area contributed by atoms with Gasteiger partial charge in [-0.05, 0) is 126 Å². The monoisotopic (exact) mass is 519 g/mol. The molecule has 0 spiro atoms. The van der Waals surface area contributed by atoms with Gasteiger partial charge in [-0.15, -0.1) is 0 Å². The molecular formula is C34H41N5. The number of aryl methyl sites for hydroxylation is 1. The van der Waals surface area contributed by atoms with Crippen molar-refractivity contribution in [3.05, 3.63) is 47.8 Å². The molecule has 5 heteroatoms. The van der Waals surface area contributed by atoms with E-state index in [4.69, 9.17) is 19.9 Å². The lowest BCUT2D eigenvalue weighted by atomic mass is 9.49. The van der Waals surface area contributed by atoms with Crippen molar-refractivity contribution in [3.63, 3.8) is 0 Å². The van der Waals surface area contributed by atoms with E-state index in [-0.39, 0.29) is 10.8 Å². The first-order valence-corrected chi connectivity index (χ1v) is 15.8. The Labute approximate surface area is 232 Å². The summed E-state index contributed by atoms with van der Waals surface area (Å²) in [4.78, 5) is 21.2. The van der Waals surface area contributed by atoms with Gasteiger partial charge in [0.2, 0.25) is 0 Å². The van der Waals surface area contributed by atoms with Crippen molar-refractivity contribution in [1.82, 2.24) is 24.5 Å². The Morgan fingerprint density at radius 1 is 0.667 bits per heavy atom. The summed E-state index contributed by atoms with van der Waals surface area (Å²) in [6.07, 6.45) is 18.5. The third-order valence-corrected chi connectivity index (χ3v) is 12.3. The Balaban J connectivity index is 1.20. The number of hydrogen-bond acceptors (Lipinski definition) is 4. The predicted octanol–water partition coefficient (Wildman–Crippen LogP) is 7.18. The average molecular weight is 520 g/mol. The maximum atomic E-state index is 5.60. The van der Waals surface area contributed by atoms with Crippen molar-refractivity contribution in [3.8, 4) is 22.8 Å². The Kier molecular flexibility index (Phi) is 4.76. The van der Waals surface area contributed by atoms with Crippen molar-refractivity contribution in [2.24, 2.45) is 42.6 Å². The molecule has 3 aromatic rings. The number of imidazole rings is 1. The molecule has 8 saturated carbocycles. The molecule has 0 N–H and O–H groups in total. The molecule has 202 valence electrons. The minimum Gasteiger partial charge on any atom is -0.331 e. The van der Waals surface area contributed by atoms with Gasteiger partial charge in [0.05, 0.1) is 0 Å². The van der Waals surface area contributed by atoms with Crippen LogP contribution in [0.4, 0.5) is 0 Å². The first-order valence-electron chi connectivity index (χ1n) is 15.8. The van der Waals surface area contributed by atoms with Crippen molar-refractivity contribution in [1.29, 1.82) is 0 Å². The van der Waals surface area contributed by atoms with Crippen molar-refractivity contribution in [2.45, 2.75) is 94.8 Å². The van der Waals surface area contributed by atoms with Crippen LogP contribution in [0, 0.1) is 42.4 Å². The quantitative estimate of drug-likeness (QED) is 0.366.